The number of rotatable bonds is 2. The first-order valence-corrected chi connectivity index (χ1v) is 4.48. The van der Waals surface area contributed by atoms with Crippen LogP contribution in [0.1, 0.15) is 18.4 Å². The fraction of sp³-hybridized carbons (Fsp3) is 0.444. The van der Waals surface area contributed by atoms with Crippen molar-refractivity contribution < 1.29 is 9.50 Å². The Hall–Kier alpha value is -0.670. The number of halogens is 2. The second-order valence-electron chi connectivity index (χ2n) is 3.43. The first kappa shape index (κ1) is 8.91. The Morgan fingerprint density at radius 2 is 2.31 bits per heavy atom. The molecular weight excluding hydrogens is 193 g/mol. The van der Waals surface area contributed by atoms with E-state index in [1.807, 2.05) is 0 Å². The third-order valence-electron chi connectivity index (χ3n) is 2.53. The van der Waals surface area contributed by atoms with E-state index in [4.69, 9.17) is 16.7 Å². The zero-order valence-electron chi connectivity index (χ0n) is 6.93. The molecule has 0 aromatic carbocycles. The number of nitrogens with zero attached hydrogens (tertiary/aromatic N) is 1. The van der Waals surface area contributed by atoms with Gasteiger partial charge in [0.15, 0.2) is 0 Å². The molecule has 1 aromatic rings. The molecule has 0 bridgehead atoms. The van der Waals surface area contributed by atoms with Crippen LogP contribution in [0.25, 0.3) is 0 Å². The van der Waals surface area contributed by atoms with E-state index in [2.05, 4.69) is 4.98 Å². The van der Waals surface area contributed by atoms with Crippen molar-refractivity contribution in [1.82, 2.24) is 4.98 Å². The van der Waals surface area contributed by atoms with Crippen molar-refractivity contribution in [2.24, 2.45) is 0 Å². The Morgan fingerprint density at radius 1 is 1.62 bits per heavy atom. The second-order valence-corrected chi connectivity index (χ2v) is 3.87. The third-order valence-corrected chi connectivity index (χ3v) is 2.74. The summed E-state index contributed by atoms with van der Waals surface area (Å²) in [6.07, 6.45) is 2.89. The van der Waals surface area contributed by atoms with Gasteiger partial charge in [0.1, 0.15) is 0 Å². The first-order valence-electron chi connectivity index (χ1n) is 4.10. The number of hydrogen-bond donors (Lipinski definition) is 1. The van der Waals surface area contributed by atoms with Crippen molar-refractivity contribution in [2.75, 3.05) is 6.61 Å². The average Bonchev–Trinajstić information content (AvgIpc) is 2.90. The highest BCUT2D eigenvalue weighted by molar-refractivity contribution is 6.30. The van der Waals surface area contributed by atoms with Gasteiger partial charge in [-0.3, -0.25) is 0 Å². The van der Waals surface area contributed by atoms with E-state index >= 15 is 0 Å². The normalized spacial score (nSPS) is 18.7. The van der Waals surface area contributed by atoms with E-state index in [-0.39, 0.29) is 6.61 Å². The molecule has 0 saturated heterocycles. The zero-order valence-corrected chi connectivity index (χ0v) is 7.68. The van der Waals surface area contributed by atoms with Gasteiger partial charge in [-0.05, 0) is 18.9 Å². The molecule has 1 N–H and O–H groups in total. The van der Waals surface area contributed by atoms with Crippen molar-refractivity contribution in [3.8, 4) is 0 Å². The van der Waals surface area contributed by atoms with E-state index in [1.54, 1.807) is 6.07 Å². The molecule has 0 radical (unpaired) electrons. The largest absolute Gasteiger partial charge is 0.395 e. The Bertz CT molecular complexity index is 338. The van der Waals surface area contributed by atoms with E-state index in [1.165, 1.54) is 6.20 Å². The van der Waals surface area contributed by atoms with Crippen LogP contribution in [0.4, 0.5) is 4.39 Å². The molecule has 0 amide bonds. The molecule has 1 saturated carbocycles. The minimum absolute atomic E-state index is 0.0358. The summed E-state index contributed by atoms with van der Waals surface area (Å²) in [5, 5.41) is 9.50. The first-order chi connectivity index (χ1) is 6.18. The summed E-state index contributed by atoms with van der Waals surface area (Å²) >= 11 is 5.70. The van der Waals surface area contributed by atoms with E-state index < -0.39 is 11.4 Å². The number of aliphatic hydroxyl groups excluding tert-OH is 1. The topological polar surface area (TPSA) is 33.1 Å². The summed E-state index contributed by atoms with van der Waals surface area (Å²) in [5.74, 6) is -0.518. The molecule has 1 fully saturated rings. The Balaban J connectivity index is 2.44. The number of hydrogen-bond acceptors (Lipinski definition) is 2. The van der Waals surface area contributed by atoms with Crippen molar-refractivity contribution >= 4 is 11.6 Å². The maximum atomic E-state index is 13.2. The predicted octanol–water partition coefficient (Wildman–Crippen LogP) is 1.90. The van der Waals surface area contributed by atoms with Crippen molar-refractivity contribution in [3.63, 3.8) is 0 Å². The predicted molar refractivity (Wildman–Crippen MR) is 47.2 cm³/mol. The summed E-state index contributed by atoms with van der Waals surface area (Å²) < 4.78 is 13.2. The lowest BCUT2D eigenvalue weighted by Crippen LogP contribution is -2.14. The quantitative estimate of drug-likeness (QED) is 0.742. The molecule has 2 nitrogen and oxygen atoms in total. The Kier molecular flexibility index (Phi) is 2.00. The van der Waals surface area contributed by atoms with Crippen LogP contribution in [0, 0.1) is 5.95 Å². The van der Waals surface area contributed by atoms with Crippen LogP contribution < -0.4 is 0 Å². The van der Waals surface area contributed by atoms with Gasteiger partial charge in [-0.2, -0.15) is 4.39 Å². The number of pyridine rings is 1. The Labute approximate surface area is 80.4 Å². The van der Waals surface area contributed by atoms with Crippen LogP contribution in [0.5, 0.6) is 0 Å². The van der Waals surface area contributed by atoms with Crippen molar-refractivity contribution in [1.29, 1.82) is 0 Å². The molecular formula is C9H9ClFNO. The SMILES string of the molecule is OCC1(c2cc(Cl)cnc2F)CC1. The number of aliphatic hydroxyl groups is 1. The zero-order chi connectivity index (χ0) is 9.47. The lowest BCUT2D eigenvalue weighted by molar-refractivity contribution is 0.251. The summed E-state index contributed by atoms with van der Waals surface area (Å²) in [4.78, 5) is 3.52. The smallest absolute Gasteiger partial charge is 0.216 e. The molecule has 1 aliphatic carbocycles. The van der Waals surface area contributed by atoms with Crippen LogP contribution in [-0.2, 0) is 5.41 Å². The highest BCUT2D eigenvalue weighted by Crippen LogP contribution is 2.48. The van der Waals surface area contributed by atoms with Gasteiger partial charge in [-0.25, -0.2) is 4.98 Å². The summed E-state index contributed by atoms with van der Waals surface area (Å²) in [6.45, 7) is -0.0358. The van der Waals surface area contributed by atoms with Crippen LogP contribution in [0.3, 0.4) is 0 Å². The molecule has 13 heavy (non-hydrogen) atoms. The van der Waals surface area contributed by atoms with Crippen molar-refractivity contribution in [3.05, 3.63) is 28.8 Å². The minimum atomic E-state index is -0.518. The van der Waals surface area contributed by atoms with Crippen molar-refractivity contribution in [2.45, 2.75) is 18.3 Å². The van der Waals surface area contributed by atoms with Gasteiger partial charge in [0.05, 0.1) is 11.6 Å². The molecule has 1 heterocycles. The van der Waals surface area contributed by atoms with Crippen LogP contribution in [0.2, 0.25) is 5.02 Å². The van der Waals surface area contributed by atoms with Gasteiger partial charge < -0.3 is 5.11 Å². The highest BCUT2D eigenvalue weighted by Gasteiger charge is 2.46. The van der Waals surface area contributed by atoms with Gasteiger partial charge >= 0.3 is 0 Å². The molecule has 0 aliphatic heterocycles. The van der Waals surface area contributed by atoms with E-state index in [9.17, 15) is 4.39 Å². The van der Waals surface area contributed by atoms with Crippen LogP contribution in [0.15, 0.2) is 12.3 Å². The maximum Gasteiger partial charge on any atom is 0.216 e. The maximum absolute atomic E-state index is 13.2. The molecule has 2 rings (SSSR count). The summed E-state index contributed by atoms with van der Waals surface area (Å²) in [5.41, 5.74) is 0.0459. The fourth-order valence-corrected chi connectivity index (χ4v) is 1.62. The molecule has 1 aliphatic rings. The van der Waals surface area contributed by atoms with Gasteiger partial charge in [0.25, 0.3) is 0 Å². The fourth-order valence-electron chi connectivity index (χ4n) is 1.46. The lowest BCUT2D eigenvalue weighted by atomic mass is 9.99. The van der Waals surface area contributed by atoms with Gasteiger partial charge in [-0.1, -0.05) is 11.6 Å². The van der Waals surface area contributed by atoms with Crippen LogP contribution >= 0.6 is 11.6 Å². The van der Waals surface area contributed by atoms with Crippen LogP contribution in [-0.4, -0.2) is 16.7 Å². The molecule has 0 atom stereocenters. The minimum Gasteiger partial charge on any atom is -0.395 e. The standard InChI is InChI=1S/C9H9ClFNO/c10-6-3-7(8(11)12-4-6)9(5-13)1-2-9/h3-4,13H,1-2,5H2. The average molecular weight is 202 g/mol. The van der Waals surface area contributed by atoms with Gasteiger partial charge in [0, 0.05) is 17.2 Å². The summed E-state index contributed by atoms with van der Waals surface area (Å²) in [7, 11) is 0. The molecule has 4 heteroatoms. The lowest BCUT2D eigenvalue weighted by Gasteiger charge is -2.12. The molecule has 0 spiro atoms. The monoisotopic (exact) mass is 201 g/mol. The summed E-state index contributed by atoms with van der Waals surface area (Å²) in [6, 6.07) is 1.55. The number of aromatic nitrogens is 1. The second kappa shape index (κ2) is 2.93. The Morgan fingerprint density at radius 3 is 2.85 bits per heavy atom. The van der Waals surface area contributed by atoms with Gasteiger partial charge in [-0.15, -0.1) is 0 Å². The third kappa shape index (κ3) is 1.42. The van der Waals surface area contributed by atoms with Gasteiger partial charge in [0.2, 0.25) is 5.95 Å². The molecule has 70 valence electrons. The van der Waals surface area contributed by atoms with E-state index in [0.29, 0.717) is 10.6 Å². The van der Waals surface area contributed by atoms with E-state index in [0.717, 1.165) is 12.8 Å². The molecule has 0 unspecified atom stereocenters. The molecule has 1 aromatic heterocycles. The highest BCUT2D eigenvalue weighted by atomic mass is 35.5.